The molecule has 0 aliphatic carbocycles. The van der Waals surface area contributed by atoms with Crippen molar-refractivity contribution in [3.05, 3.63) is 0 Å². The van der Waals surface area contributed by atoms with Crippen molar-refractivity contribution in [2.45, 2.75) is 25.2 Å². The molecule has 0 radical (unpaired) electrons. The van der Waals surface area contributed by atoms with Gasteiger partial charge in [-0.05, 0) is 0 Å². The van der Waals surface area contributed by atoms with Crippen molar-refractivity contribution in [1.82, 2.24) is 5.06 Å². The number of carbonyl (C=O) groups excluding carboxylic acids is 1. The quantitative estimate of drug-likeness (QED) is 0.294. The van der Waals surface area contributed by atoms with Gasteiger partial charge in [0.1, 0.15) is 0 Å². The van der Waals surface area contributed by atoms with Crippen molar-refractivity contribution in [2.24, 2.45) is 11.7 Å². The topological polar surface area (TPSA) is 182 Å². The second-order valence-electron chi connectivity index (χ2n) is 3.99. The van der Waals surface area contributed by atoms with Gasteiger partial charge in [0.15, 0.2) is 12.2 Å². The summed E-state index contributed by atoms with van der Waals surface area (Å²) >= 11 is 0. The fourth-order valence-electron chi connectivity index (χ4n) is 1.16. The number of aliphatic hydroxyl groups is 2. The smallest absolute Gasteiger partial charge is 0.335 e. The summed E-state index contributed by atoms with van der Waals surface area (Å²) in [5.41, 5.74) is 5.36. The number of hydroxylamine groups is 2. The lowest BCUT2D eigenvalue weighted by Crippen LogP contribution is -2.39. The molecule has 1 aliphatic heterocycles. The molecule has 110 valence electrons. The van der Waals surface area contributed by atoms with Crippen LogP contribution in [-0.2, 0) is 14.4 Å². The van der Waals surface area contributed by atoms with Gasteiger partial charge in [0.2, 0.25) is 0 Å². The normalized spacial score (nSPS) is 25.3. The zero-order chi connectivity index (χ0) is 15.3. The Balaban J connectivity index is 0.000000342. The summed E-state index contributed by atoms with van der Waals surface area (Å²) in [5.74, 6) is -3.84. The van der Waals surface area contributed by atoms with Crippen molar-refractivity contribution in [3.8, 4) is 0 Å². The SMILES string of the molecule is C[C@H]1CN(O)C(=O)[C@H]1N.O=C(O)[C@H](O)[C@@H](O)C(=O)O. The van der Waals surface area contributed by atoms with Gasteiger partial charge < -0.3 is 26.2 Å². The predicted molar refractivity (Wildman–Crippen MR) is 57.9 cm³/mol. The number of amides is 1. The summed E-state index contributed by atoms with van der Waals surface area (Å²) < 4.78 is 0. The first-order valence-corrected chi connectivity index (χ1v) is 5.17. The van der Waals surface area contributed by atoms with Crippen LogP contribution in [0.25, 0.3) is 0 Å². The Bertz CT molecular complexity index is 342. The number of hydrogen-bond donors (Lipinski definition) is 6. The number of carboxylic acid groups (broad SMARTS) is 2. The molecule has 1 fully saturated rings. The molecule has 1 amide bonds. The molecule has 0 bridgehead atoms. The predicted octanol–water partition coefficient (Wildman–Crippen LogP) is -2.94. The van der Waals surface area contributed by atoms with Crippen LogP contribution < -0.4 is 5.73 Å². The first-order chi connectivity index (χ1) is 8.59. The number of aliphatic carboxylic acids is 2. The average Bonchev–Trinajstić information content (AvgIpc) is 2.55. The molecule has 10 nitrogen and oxygen atoms in total. The van der Waals surface area contributed by atoms with Gasteiger partial charge in [-0.2, -0.15) is 0 Å². The lowest BCUT2D eigenvalue weighted by Gasteiger charge is -2.07. The van der Waals surface area contributed by atoms with Crippen LogP contribution in [0.15, 0.2) is 0 Å². The zero-order valence-electron chi connectivity index (χ0n) is 10.0. The lowest BCUT2D eigenvalue weighted by molar-refractivity contribution is -0.165. The van der Waals surface area contributed by atoms with E-state index in [1.54, 1.807) is 0 Å². The number of hydrogen-bond acceptors (Lipinski definition) is 7. The summed E-state index contributed by atoms with van der Waals surface area (Å²) in [7, 11) is 0. The van der Waals surface area contributed by atoms with E-state index in [4.69, 9.17) is 31.4 Å². The van der Waals surface area contributed by atoms with Crippen LogP contribution in [0.4, 0.5) is 0 Å². The molecule has 1 rings (SSSR count). The Morgan fingerprint density at radius 1 is 1.26 bits per heavy atom. The molecule has 10 heteroatoms. The largest absolute Gasteiger partial charge is 0.479 e. The Labute approximate surface area is 107 Å². The lowest BCUT2D eigenvalue weighted by atomic mass is 10.1. The molecule has 0 aromatic carbocycles. The van der Waals surface area contributed by atoms with E-state index in [0.29, 0.717) is 11.6 Å². The van der Waals surface area contributed by atoms with Gasteiger partial charge in [0.25, 0.3) is 5.91 Å². The van der Waals surface area contributed by atoms with Crippen molar-refractivity contribution in [2.75, 3.05) is 6.54 Å². The molecular formula is C9H16N2O8. The Morgan fingerprint density at radius 3 is 1.74 bits per heavy atom. The van der Waals surface area contributed by atoms with Gasteiger partial charge in [-0.15, -0.1) is 0 Å². The third kappa shape index (κ3) is 4.79. The van der Waals surface area contributed by atoms with Gasteiger partial charge in [0.05, 0.1) is 12.6 Å². The molecule has 1 saturated heterocycles. The van der Waals surface area contributed by atoms with E-state index in [-0.39, 0.29) is 11.8 Å². The molecule has 0 aromatic rings. The second kappa shape index (κ2) is 6.99. The van der Waals surface area contributed by atoms with Crippen LogP contribution in [0.3, 0.4) is 0 Å². The summed E-state index contributed by atoms with van der Waals surface area (Å²) in [6.45, 7) is 2.19. The summed E-state index contributed by atoms with van der Waals surface area (Å²) in [6, 6.07) is -0.505. The minimum atomic E-state index is -2.27. The summed E-state index contributed by atoms with van der Waals surface area (Å²) in [4.78, 5) is 30.2. The summed E-state index contributed by atoms with van der Waals surface area (Å²) in [5, 5.41) is 41.9. The maximum absolute atomic E-state index is 10.7. The van der Waals surface area contributed by atoms with E-state index in [9.17, 15) is 14.4 Å². The van der Waals surface area contributed by atoms with Gasteiger partial charge in [0, 0.05) is 5.92 Å². The number of carboxylic acids is 2. The molecule has 0 spiro atoms. The highest BCUT2D eigenvalue weighted by molar-refractivity contribution is 5.83. The Morgan fingerprint density at radius 2 is 1.63 bits per heavy atom. The Hall–Kier alpha value is -1.75. The number of nitrogens with two attached hydrogens (primary N) is 1. The van der Waals surface area contributed by atoms with Crippen molar-refractivity contribution < 1.29 is 40.0 Å². The van der Waals surface area contributed by atoms with Gasteiger partial charge in [-0.25, -0.2) is 14.7 Å². The number of aliphatic hydroxyl groups excluding tert-OH is 2. The van der Waals surface area contributed by atoms with Gasteiger partial charge >= 0.3 is 11.9 Å². The first kappa shape index (κ1) is 17.2. The van der Waals surface area contributed by atoms with E-state index in [1.165, 1.54) is 0 Å². The minimum absolute atomic E-state index is 0.0718. The van der Waals surface area contributed by atoms with Crippen molar-refractivity contribution in [3.63, 3.8) is 0 Å². The molecule has 0 aromatic heterocycles. The van der Waals surface area contributed by atoms with E-state index in [0.717, 1.165) is 0 Å². The van der Waals surface area contributed by atoms with E-state index in [2.05, 4.69) is 0 Å². The number of nitrogens with zero attached hydrogens (tertiary/aromatic N) is 1. The third-order valence-corrected chi connectivity index (χ3v) is 2.42. The molecule has 1 aliphatic rings. The monoisotopic (exact) mass is 280 g/mol. The number of rotatable bonds is 3. The van der Waals surface area contributed by atoms with Crippen LogP contribution in [0, 0.1) is 5.92 Å². The van der Waals surface area contributed by atoms with Crippen LogP contribution in [0.5, 0.6) is 0 Å². The fourth-order valence-corrected chi connectivity index (χ4v) is 1.16. The van der Waals surface area contributed by atoms with E-state index < -0.39 is 30.2 Å². The Kier molecular flexibility index (Phi) is 6.35. The maximum atomic E-state index is 10.7. The standard InChI is InChI=1S/C5H10N2O2.C4H6O6/c1-3-2-7(9)5(8)4(3)6;5-1(3(7)8)2(6)4(9)10/h3-4,9H,2,6H2,1H3;1-2,5-6H,(H,7,8)(H,9,10)/t3-,4-;1-,2-/m01/s1. The molecule has 0 unspecified atom stereocenters. The van der Waals surface area contributed by atoms with Gasteiger partial charge in [-0.3, -0.25) is 10.0 Å². The molecule has 0 saturated carbocycles. The van der Waals surface area contributed by atoms with E-state index >= 15 is 0 Å². The second-order valence-corrected chi connectivity index (χ2v) is 3.99. The van der Waals surface area contributed by atoms with Gasteiger partial charge in [-0.1, -0.05) is 6.92 Å². The molecule has 4 atom stereocenters. The minimum Gasteiger partial charge on any atom is -0.479 e. The van der Waals surface area contributed by atoms with E-state index in [1.807, 2.05) is 6.92 Å². The fraction of sp³-hybridized carbons (Fsp3) is 0.667. The third-order valence-electron chi connectivity index (χ3n) is 2.42. The molecule has 7 N–H and O–H groups in total. The molecule has 1 heterocycles. The van der Waals surface area contributed by atoms with Crippen LogP contribution in [0.2, 0.25) is 0 Å². The number of carbonyl (C=O) groups is 3. The highest BCUT2D eigenvalue weighted by Gasteiger charge is 2.34. The summed E-state index contributed by atoms with van der Waals surface area (Å²) in [6.07, 6.45) is -4.53. The molecule has 19 heavy (non-hydrogen) atoms. The maximum Gasteiger partial charge on any atom is 0.335 e. The highest BCUT2D eigenvalue weighted by Crippen LogP contribution is 2.12. The van der Waals surface area contributed by atoms with Crippen LogP contribution in [0.1, 0.15) is 6.92 Å². The van der Waals surface area contributed by atoms with Crippen LogP contribution in [-0.4, -0.2) is 73.3 Å². The van der Waals surface area contributed by atoms with Crippen molar-refractivity contribution in [1.29, 1.82) is 0 Å². The van der Waals surface area contributed by atoms with Crippen molar-refractivity contribution >= 4 is 17.8 Å². The first-order valence-electron chi connectivity index (χ1n) is 5.17. The average molecular weight is 280 g/mol. The van der Waals surface area contributed by atoms with Crippen LogP contribution >= 0.6 is 0 Å². The highest BCUT2D eigenvalue weighted by atomic mass is 16.5. The zero-order valence-corrected chi connectivity index (χ0v) is 10.0. The molecular weight excluding hydrogens is 264 g/mol.